The summed E-state index contributed by atoms with van der Waals surface area (Å²) in [6.07, 6.45) is 0.962. The topological polar surface area (TPSA) is 6.48 Å². The molecule has 0 saturated heterocycles. The van der Waals surface area contributed by atoms with Gasteiger partial charge >= 0.3 is 0 Å². The molecule has 0 spiro atoms. The van der Waals surface area contributed by atoms with E-state index in [0.717, 1.165) is 40.5 Å². The van der Waals surface area contributed by atoms with Crippen LogP contribution in [0.1, 0.15) is 22.6 Å². The van der Waals surface area contributed by atoms with Crippen molar-refractivity contribution in [3.05, 3.63) is 290 Å². The minimum atomic E-state index is 0.282. The van der Waals surface area contributed by atoms with E-state index in [4.69, 9.17) is 0 Å². The summed E-state index contributed by atoms with van der Waals surface area (Å²) in [4.78, 5) is 4.71. The molecular formula is C68H48N2S2. The fourth-order valence-corrected chi connectivity index (χ4v) is 12.7. The summed E-state index contributed by atoms with van der Waals surface area (Å²) < 4.78 is 5.13. The van der Waals surface area contributed by atoms with Gasteiger partial charge in [-0.25, -0.2) is 0 Å². The second kappa shape index (κ2) is 19.0. The van der Waals surface area contributed by atoms with Gasteiger partial charge < -0.3 is 9.80 Å². The van der Waals surface area contributed by atoms with Gasteiger partial charge in [0.2, 0.25) is 0 Å². The second-order valence-electron chi connectivity index (χ2n) is 18.5. The van der Waals surface area contributed by atoms with Gasteiger partial charge in [0.15, 0.2) is 0 Å². The molecule has 0 aliphatic rings. The molecule has 0 saturated carbocycles. The third kappa shape index (κ3) is 8.41. The van der Waals surface area contributed by atoms with Gasteiger partial charge in [0.1, 0.15) is 0 Å². The maximum Gasteiger partial charge on any atom is 0.0476 e. The third-order valence-corrected chi connectivity index (χ3v) is 16.3. The van der Waals surface area contributed by atoms with Crippen molar-refractivity contribution in [2.45, 2.75) is 12.3 Å². The molecule has 11 aromatic carbocycles. The third-order valence-electron chi connectivity index (χ3n) is 14.1. The van der Waals surface area contributed by atoms with E-state index in [0.29, 0.717) is 0 Å². The summed E-state index contributed by atoms with van der Waals surface area (Å²) >= 11 is 3.73. The van der Waals surface area contributed by atoms with Crippen LogP contribution in [0, 0.1) is 0 Å². The molecule has 0 radical (unpaired) electrons. The van der Waals surface area contributed by atoms with Crippen LogP contribution >= 0.6 is 22.7 Å². The Hall–Kier alpha value is -8.54. The molecule has 2 nitrogen and oxygen atoms in total. The first kappa shape index (κ1) is 43.5. The monoisotopic (exact) mass is 956 g/mol. The van der Waals surface area contributed by atoms with Gasteiger partial charge in [-0.2, -0.15) is 0 Å². The second-order valence-corrected chi connectivity index (χ2v) is 20.7. The van der Waals surface area contributed by atoms with Crippen LogP contribution in [0.15, 0.2) is 273 Å². The minimum absolute atomic E-state index is 0.282. The standard InChI is InChI=1S/C68H48N2S2/c1-6-16-47(17-7-1)42-62(50-18-8-2-9-19-50)51-28-26-48(27-29-51)52-32-40-65-63(43-52)60-38-36-58(45-67(60)71-65)70(56-24-14-5-15-25-56)59-37-39-61-64-44-53(33-41-66(64)72-68(61)46-59)49-30-34-57(35-31-49)69(54-20-10-3-11-21-54)55-22-12-4-13-23-55/h1-41,43-46,62H,42H2. The van der Waals surface area contributed by atoms with Gasteiger partial charge in [0, 0.05) is 80.4 Å². The quantitative estimate of drug-likeness (QED) is 0.120. The molecule has 1 unspecified atom stereocenters. The molecule has 0 bridgehead atoms. The van der Waals surface area contributed by atoms with E-state index < -0.39 is 0 Å². The number of fused-ring (bicyclic) bond motifs is 6. The molecular weight excluding hydrogens is 909 g/mol. The lowest BCUT2D eigenvalue weighted by Gasteiger charge is -2.25. The Morgan fingerprint density at radius 1 is 0.264 bits per heavy atom. The van der Waals surface area contributed by atoms with Crippen LogP contribution in [0.2, 0.25) is 0 Å². The number of benzene rings is 11. The van der Waals surface area contributed by atoms with Crippen LogP contribution in [0.3, 0.4) is 0 Å². The Kier molecular flexibility index (Phi) is 11.5. The van der Waals surface area contributed by atoms with Gasteiger partial charge in [-0.15, -0.1) is 22.7 Å². The van der Waals surface area contributed by atoms with E-state index in [-0.39, 0.29) is 5.92 Å². The van der Waals surface area contributed by atoms with E-state index in [2.05, 4.69) is 283 Å². The maximum atomic E-state index is 2.41. The number of rotatable bonds is 12. The Morgan fingerprint density at radius 3 is 1.10 bits per heavy atom. The predicted octanol–water partition coefficient (Wildman–Crippen LogP) is 20.1. The van der Waals surface area contributed by atoms with Crippen molar-refractivity contribution >= 4 is 97.1 Å². The number of hydrogen-bond donors (Lipinski definition) is 0. The Balaban J connectivity index is 0.801. The largest absolute Gasteiger partial charge is 0.311 e. The number of thiophene rings is 2. The van der Waals surface area contributed by atoms with Crippen molar-refractivity contribution in [2.75, 3.05) is 9.80 Å². The number of anilines is 6. The summed E-state index contributed by atoms with van der Waals surface area (Å²) in [6, 6.07) is 99.8. The van der Waals surface area contributed by atoms with Crippen LogP contribution < -0.4 is 9.80 Å². The minimum Gasteiger partial charge on any atom is -0.311 e. The fourth-order valence-electron chi connectivity index (χ4n) is 10.5. The van der Waals surface area contributed by atoms with Crippen molar-refractivity contribution < 1.29 is 0 Å². The molecule has 0 fully saturated rings. The van der Waals surface area contributed by atoms with Crippen molar-refractivity contribution in [2.24, 2.45) is 0 Å². The highest BCUT2D eigenvalue weighted by atomic mass is 32.1. The first-order valence-corrected chi connectivity index (χ1v) is 26.3. The Bertz CT molecular complexity index is 3940. The van der Waals surface area contributed by atoms with E-state index in [1.165, 1.54) is 79.3 Å². The molecule has 1 atom stereocenters. The zero-order chi connectivity index (χ0) is 47.8. The molecule has 13 aromatic rings. The first-order valence-electron chi connectivity index (χ1n) is 24.6. The van der Waals surface area contributed by atoms with Gasteiger partial charge in [0.25, 0.3) is 0 Å². The van der Waals surface area contributed by atoms with Crippen molar-refractivity contribution in [3.63, 3.8) is 0 Å². The van der Waals surface area contributed by atoms with Crippen LogP contribution in [-0.4, -0.2) is 0 Å². The molecule has 0 N–H and O–H groups in total. The Morgan fingerprint density at radius 2 is 0.625 bits per heavy atom. The summed E-state index contributed by atoms with van der Waals surface area (Å²) in [5.74, 6) is 0.282. The maximum absolute atomic E-state index is 2.41. The lowest BCUT2D eigenvalue weighted by molar-refractivity contribution is 0.805. The zero-order valence-electron chi connectivity index (χ0n) is 39.5. The summed E-state index contributed by atoms with van der Waals surface area (Å²) in [6.45, 7) is 0. The summed E-state index contributed by atoms with van der Waals surface area (Å²) in [7, 11) is 0. The SMILES string of the molecule is c1ccc(CC(c2ccccc2)c2ccc(-c3ccc4sc5cc(N(c6ccccc6)c6ccc7c(c6)sc6ccc(-c8ccc(N(c9ccccc9)c9ccccc9)cc8)cc67)ccc5c4c3)cc2)cc1. The molecule has 2 heterocycles. The molecule has 72 heavy (non-hydrogen) atoms. The van der Waals surface area contributed by atoms with Gasteiger partial charge in [-0.3, -0.25) is 0 Å². The van der Waals surface area contributed by atoms with Gasteiger partial charge in [-0.1, -0.05) is 176 Å². The van der Waals surface area contributed by atoms with E-state index >= 15 is 0 Å². The molecule has 0 aliphatic carbocycles. The molecule has 13 rings (SSSR count). The van der Waals surface area contributed by atoms with Crippen LogP contribution in [0.4, 0.5) is 34.1 Å². The van der Waals surface area contributed by atoms with Crippen LogP contribution in [-0.2, 0) is 6.42 Å². The number of para-hydroxylation sites is 3. The molecule has 342 valence electrons. The zero-order valence-corrected chi connectivity index (χ0v) is 41.1. The lowest BCUT2D eigenvalue weighted by Crippen LogP contribution is -2.09. The van der Waals surface area contributed by atoms with Crippen LogP contribution in [0.25, 0.3) is 62.6 Å². The normalized spacial score (nSPS) is 11.9. The van der Waals surface area contributed by atoms with E-state index in [1.54, 1.807) is 0 Å². The van der Waals surface area contributed by atoms with Crippen molar-refractivity contribution in [3.8, 4) is 22.3 Å². The highest BCUT2D eigenvalue weighted by Gasteiger charge is 2.19. The van der Waals surface area contributed by atoms with Crippen molar-refractivity contribution in [1.29, 1.82) is 0 Å². The predicted molar refractivity (Wildman–Crippen MR) is 311 cm³/mol. The molecule has 2 aromatic heterocycles. The fraction of sp³-hybridized carbons (Fsp3) is 0.0294. The first-order chi connectivity index (χ1) is 35.7. The van der Waals surface area contributed by atoms with Gasteiger partial charge in [-0.05, 0) is 142 Å². The average molecular weight is 957 g/mol. The smallest absolute Gasteiger partial charge is 0.0476 e. The summed E-state index contributed by atoms with van der Waals surface area (Å²) in [5, 5.41) is 5.14. The highest BCUT2D eigenvalue weighted by Crippen LogP contribution is 2.45. The van der Waals surface area contributed by atoms with Crippen molar-refractivity contribution in [1.82, 2.24) is 0 Å². The van der Waals surface area contributed by atoms with Gasteiger partial charge in [0.05, 0.1) is 0 Å². The molecule has 0 aliphatic heterocycles. The lowest BCUT2D eigenvalue weighted by atomic mass is 9.85. The average Bonchev–Trinajstić information content (AvgIpc) is 4.01. The van der Waals surface area contributed by atoms with E-state index in [9.17, 15) is 0 Å². The van der Waals surface area contributed by atoms with E-state index in [1.807, 2.05) is 22.7 Å². The highest BCUT2D eigenvalue weighted by molar-refractivity contribution is 7.26. The summed E-state index contributed by atoms with van der Waals surface area (Å²) in [5.41, 5.74) is 15.7. The molecule has 0 amide bonds. The Labute approximate surface area is 428 Å². The number of nitrogens with zero attached hydrogens (tertiary/aromatic N) is 2. The molecule has 4 heteroatoms. The van der Waals surface area contributed by atoms with Crippen LogP contribution in [0.5, 0.6) is 0 Å². The number of hydrogen-bond acceptors (Lipinski definition) is 4.